The lowest BCUT2D eigenvalue weighted by Gasteiger charge is -1.96. The molecule has 1 saturated heterocycles. The average Bonchev–Trinajstić information content (AvgIpc) is 2.72. The van der Waals surface area contributed by atoms with E-state index in [1.165, 1.54) is 12.8 Å². The van der Waals surface area contributed by atoms with Gasteiger partial charge in [-0.15, -0.1) is 0 Å². The van der Waals surface area contributed by atoms with Crippen molar-refractivity contribution in [1.82, 2.24) is 0 Å². The van der Waals surface area contributed by atoms with Crippen molar-refractivity contribution in [2.45, 2.75) is 19.8 Å². The highest BCUT2D eigenvalue weighted by Crippen LogP contribution is 2.22. The van der Waals surface area contributed by atoms with Crippen LogP contribution in [0.25, 0.3) is 0 Å². The molecule has 0 unspecified atom stereocenters. The van der Waals surface area contributed by atoms with E-state index < -0.39 is 0 Å². The molecular weight excluding hydrogens is 219 g/mol. The summed E-state index contributed by atoms with van der Waals surface area (Å²) in [5.41, 5.74) is 0.945. The third kappa shape index (κ3) is 3.87. The first-order valence-electron chi connectivity index (χ1n) is 4.70. The fourth-order valence-electron chi connectivity index (χ4n) is 1.09. The second kappa shape index (κ2) is 6.28. The van der Waals surface area contributed by atoms with E-state index in [0.29, 0.717) is 0 Å². The first-order chi connectivity index (χ1) is 6.72. The highest BCUT2D eigenvalue weighted by Gasteiger charge is 1.96. The molecule has 1 nitrogen and oxygen atoms in total. The number of ether oxygens (including phenoxy) is 1. The second-order valence-corrected chi connectivity index (χ2v) is 3.98. The molecule has 1 aliphatic heterocycles. The Morgan fingerprint density at radius 2 is 1.57 bits per heavy atom. The van der Waals surface area contributed by atoms with Crippen LogP contribution in [0.1, 0.15) is 18.4 Å². The molecule has 1 aliphatic rings. The van der Waals surface area contributed by atoms with Gasteiger partial charge in [0.1, 0.15) is 0 Å². The van der Waals surface area contributed by atoms with Crippen molar-refractivity contribution in [3.8, 4) is 0 Å². The fraction of sp³-hybridized carbons (Fsp3) is 0.455. The quantitative estimate of drug-likeness (QED) is 0.655. The number of hydrogen-bond acceptors (Lipinski definition) is 1. The smallest absolute Gasteiger partial charge is 0.0466 e. The molecule has 0 saturated carbocycles. The molecule has 1 aromatic carbocycles. The van der Waals surface area contributed by atoms with Crippen molar-refractivity contribution in [3.05, 3.63) is 33.8 Å². The zero-order chi connectivity index (χ0) is 10.4. The minimum Gasteiger partial charge on any atom is -0.381 e. The average molecular weight is 233 g/mol. The summed E-state index contributed by atoms with van der Waals surface area (Å²) < 4.78 is 4.94. The fourth-order valence-corrected chi connectivity index (χ4v) is 1.49. The van der Waals surface area contributed by atoms with E-state index in [9.17, 15) is 0 Å². The summed E-state index contributed by atoms with van der Waals surface area (Å²) >= 11 is 11.5. The Kier molecular flexibility index (Phi) is 5.31. The van der Waals surface area contributed by atoms with Crippen LogP contribution in [-0.2, 0) is 4.74 Å². The van der Waals surface area contributed by atoms with Gasteiger partial charge in [-0.05, 0) is 37.5 Å². The van der Waals surface area contributed by atoms with Crippen LogP contribution >= 0.6 is 23.2 Å². The van der Waals surface area contributed by atoms with E-state index in [-0.39, 0.29) is 0 Å². The third-order valence-corrected chi connectivity index (χ3v) is 2.85. The lowest BCUT2D eigenvalue weighted by molar-refractivity contribution is 0.198. The summed E-state index contributed by atoms with van der Waals surface area (Å²) in [7, 11) is 0. The normalized spacial score (nSPS) is 14.8. The number of rotatable bonds is 0. The maximum absolute atomic E-state index is 5.73. The zero-order valence-corrected chi connectivity index (χ0v) is 9.74. The van der Waals surface area contributed by atoms with Crippen molar-refractivity contribution in [2.75, 3.05) is 13.2 Å². The van der Waals surface area contributed by atoms with E-state index in [1.807, 2.05) is 25.1 Å². The maximum atomic E-state index is 5.73. The summed E-state index contributed by atoms with van der Waals surface area (Å²) in [6.45, 7) is 3.89. The van der Waals surface area contributed by atoms with Crippen LogP contribution in [0, 0.1) is 6.92 Å². The van der Waals surface area contributed by atoms with E-state index in [4.69, 9.17) is 27.9 Å². The lowest BCUT2D eigenvalue weighted by Crippen LogP contribution is -1.74. The molecule has 0 amide bonds. The Balaban J connectivity index is 0.000000165. The number of halogens is 2. The summed E-state index contributed by atoms with van der Waals surface area (Å²) in [5, 5.41) is 1.45. The van der Waals surface area contributed by atoms with Crippen molar-refractivity contribution in [2.24, 2.45) is 0 Å². The topological polar surface area (TPSA) is 9.23 Å². The van der Waals surface area contributed by atoms with Crippen LogP contribution in [0.2, 0.25) is 10.0 Å². The Morgan fingerprint density at radius 3 is 1.86 bits per heavy atom. The molecule has 0 bridgehead atoms. The van der Waals surface area contributed by atoms with Gasteiger partial charge in [-0.2, -0.15) is 0 Å². The minimum absolute atomic E-state index is 0.725. The van der Waals surface area contributed by atoms with Crippen LogP contribution in [0.3, 0.4) is 0 Å². The lowest BCUT2D eigenvalue weighted by atomic mass is 10.2. The highest BCUT2D eigenvalue weighted by atomic mass is 35.5. The van der Waals surface area contributed by atoms with Crippen LogP contribution < -0.4 is 0 Å². The molecule has 0 spiro atoms. The van der Waals surface area contributed by atoms with Crippen molar-refractivity contribution in [1.29, 1.82) is 0 Å². The Bertz CT molecular complexity index is 255. The molecule has 0 N–H and O–H groups in total. The molecule has 78 valence electrons. The molecule has 0 atom stereocenters. The SMILES string of the molecule is C1CCOC1.Cc1c(Cl)cccc1Cl. The van der Waals surface area contributed by atoms with Crippen LogP contribution in [-0.4, -0.2) is 13.2 Å². The minimum atomic E-state index is 0.725. The molecule has 2 rings (SSSR count). The molecule has 0 aliphatic carbocycles. The predicted molar refractivity (Wildman–Crippen MR) is 61.3 cm³/mol. The third-order valence-electron chi connectivity index (χ3n) is 2.03. The zero-order valence-electron chi connectivity index (χ0n) is 8.22. The van der Waals surface area contributed by atoms with E-state index >= 15 is 0 Å². The van der Waals surface area contributed by atoms with Gasteiger partial charge < -0.3 is 4.74 Å². The number of hydrogen-bond donors (Lipinski definition) is 0. The molecular formula is C11H14Cl2O. The first-order valence-corrected chi connectivity index (χ1v) is 5.46. The van der Waals surface area contributed by atoms with Gasteiger partial charge in [0.15, 0.2) is 0 Å². The van der Waals surface area contributed by atoms with Gasteiger partial charge >= 0.3 is 0 Å². The standard InChI is InChI=1S/C7H6Cl2.C4H8O/c1-5-6(8)3-2-4-7(5)9;1-2-4-5-3-1/h2-4H,1H3;1-4H2. The summed E-state index contributed by atoms with van der Waals surface area (Å²) in [6, 6.07) is 5.48. The first kappa shape index (κ1) is 11.8. The Hall–Kier alpha value is -0.240. The second-order valence-electron chi connectivity index (χ2n) is 3.17. The summed E-state index contributed by atoms with van der Waals surface area (Å²) in [4.78, 5) is 0. The molecule has 1 fully saturated rings. The van der Waals surface area contributed by atoms with Crippen molar-refractivity contribution < 1.29 is 4.74 Å². The van der Waals surface area contributed by atoms with E-state index in [1.54, 1.807) is 0 Å². The molecule has 1 aromatic rings. The van der Waals surface area contributed by atoms with Gasteiger partial charge in [-0.1, -0.05) is 29.3 Å². The van der Waals surface area contributed by atoms with Crippen molar-refractivity contribution >= 4 is 23.2 Å². The van der Waals surface area contributed by atoms with Crippen LogP contribution in [0.15, 0.2) is 18.2 Å². The molecule has 3 heteroatoms. The van der Waals surface area contributed by atoms with Gasteiger partial charge in [-0.25, -0.2) is 0 Å². The van der Waals surface area contributed by atoms with Crippen molar-refractivity contribution in [3.63, 3.8) is 0 Å². The van der Waals surface area contributed by atoms with Crippen LogP contribution in [0.4, 0.5) is 0 Å². The highest BCUT2D eigenvalue weighted by molar-refractivity contribution is 6.35. The Morgan fingerprint density at radius 1 is 1.07 bits per heavy atom. The van der Waals surface area contributed by atoms with Gasteiger partial charge in [0.2, 0.25) is 0 Å². The van der Waals surface area contributed by atoms with Gasteiger partial charge in [0, 0.05) is 23.3 Å². The molecule has 0 aromatic heterocycles. The summed E-state index contributed by atoms with van der Waals surface area (Å²) in [6.07, 6.45) is 2.56. The van der Waals surface area contributed by atoms with E-state index in [0.717, 1.165) is 28.8 Å². The van der Waals surface area contributed by atoms with E-state index in [2.05, 4.69) is 0 Å². The molecule has 1 heterocycles. The number of benzene rings is 1. The monoisotopic (exact) mass is 232 g/mol. The van der Waals surface area contributed by atoms with Gasteiger partial charge in [0.25, 0.3) is 0 Å². The van der Waals surface area contributed by atoms with Gasteiger partial charge in [0.05, 0.1) is 0 Å². The summed E-state index contributed by atoms with van der Waals surface area (Å²) in [5.74, 6) is 0. The predicted octanol–water partition coefficient (Wildman–Crippen LogP) is 4.10. The molecule has 14 heavy (non-hydrogen) atoms. The van der Waals surface area contributed by atoms with Gasteiger partial charge in [-0.3, -0.25) is 0 Å². The maximum Gasteiger partial charge on any atom is 0.0466 e. The largest absolute Gasteiger partial charge is 0.381 e. The van der Waals surface area contributed by atoms with Crippen LogP contribution in [0.5, 0.6) is 0 Å². The Labute approximate surface area is 95.0 Å². The molecule has 0 radical (unpaired) electrons.